The third-order valence-electron chi connectivity index (χ3n) is 3.27. The molecule has 3 aromatic rings. The first-order chi connectivity index (χ1) is 11.2. The predicted octanol–water partition coefficient (Wildman–Crippen LogP) is 4.48. The van der Waals surface area contributed by atoms with Crippen LogP contribution in [-0.4, -0.2) is 25.5 Å². The van der Waals surface area contributed by atoms with Gasteiger partial charge in [-0.2, -0.15) is 0 Å². The first-order valence-electron chi connectivity index (χ1n) is 7.04. The van der Waals surface area contributed by atoms with Crippen LogP contribution in [0.25, 0.3) is 17.1 Å². The van der Waals surface area contributed by atoms with Crippen LogP contribution in [0.2, 0.25) is 0 Å². The normalized spacial score (nSPS) is 10.7. The zero-order valence-corrected chi connectivity index (χ0v) is 14.2. The predicted molar refractivity (Wildman–Crippen MR) is 95.0 cm³/mol. The number of aryl methyl sites for hydroxylation is 1. The second-order valence-electron chi connectivity index (χ2n) is 4.98. The Morgan fingerprint density at radius 1 is 1.22 bits per heavy atom. The van der Waals surface area contributed by atoms with E-state index in [1.807, 2.05) is 28.8 Å². The summed E-state index contributed by atoms with van der Waals surface area (Å²) in [5.41, 5.74) is 3.10. The third kappa shape index (κ3) is 3.46. The molecule has 0 aliphatic heterocycles. The molecule has 23 heavy (non-hydrogen) atoms. The molecule has 116 valence electrons. The molecule has 0 saturated carbocycles. The highest BCUT2D eigenvalue weighted by molar-refractivity contribution is 7.99. The third-order valence-corrected chi connectivity index (χ3v) is 4.57. The zero-order valence-electron chi connectivity index (χ0n) is 12.6. The monoisotopic (exact) mass is 342 g/mol. The minimum absolute atomic E-state index is 0.581. The lowest BCUT2D eigenvalue weighted by atomic mass is 10.2. The van der Waals surface area contributed by atoms with Crippen molar-refractivity contribution < 1.29 is 0 Å². The maximum absolute atomic E-state index is 5.90. The number of para-hydroxylation sites is 1. The standard InChI is InChI=1S/C17H15ClN4S/c1-12-6-3-4-8-15(12)22-16(14-7-5-9-19-10-14)20-21-17(22)23-11-13(2)18/h3-10H,2,11H2,1H3. The van der Waals surface area contributed by atoms with Crippen LogP contribution in [0, 0.1) is 6.92 Å². The Kier molecular flexibility index (Phi) is 4.79. The Labute approximate surface area is 144 Å². The largest absolute Gasteiger partial charge is 0.270 e. The van der Waals surface area contributed by atoms with Gasteiger partial charge in [-0.15, -0.1) is 10.2 Å². The Bertz CT molecular complexity index is 830. The number of nitrogens with zero attached hydrogens (tertiary/aromatic N) is 4. The Morgan fingerprint density at radius 2 is 2.04 bits per heavy atom. The highest BCUT2D eigenvalue weighted by Crippen LogP contribution is 2.30. The van der Waals surface area contributed by atoms with Gasteiger partial charge in [0, 0.05) is 28.7 Å². The fraction of sp³-hybridized carbons (Fsp3) is 0.118. The van der Waals surface area contributed by atoms with E-state index in [0.717, 1.165) is 27.8 Å². The average molecular weight is 343 g/mol. The van der Waals surface area contributed by atoms with Gasteiger partial charge in [-0.25, -0.2) is 0 Å². The van der Waals surface area contributed by atoms with Crippen LogP contribution >= 0.6 is 23.4 Å². The van der Waals surface area contributed by atoms with Gasteiger partial charge in [0.25, 0.3) is 0 Å². The number of hydrogen-bond acceptors (Lipinski definition) is 4. The van der Waals surface area contributed by atoms with Gasteiger partial charge in [0.15, 0.2) is 11.0 Å². The minimum Gasteiger partial charge on any atom is -0.270 e. The zero-order chi connectivity index (χ0) is 16.2. The number of halogens is 1. The first kappa shape index (κ1) is 15.8. The molecule has 0 amide bonds. The fourth-order valence-electron chi connectivity index (χ4n) is 2.22. The molecule has 0 atom stereocenters. The first-order valence-corrected chi connectivity index (χ1v) is 8.41. The van der Waals surface area contributed by atoms with Crippen molar-refractivity contribution >= 4 is 23.4 Å². The molecule has 2 aromatic heterocycles. The lowest BCUT2D eigenvalue weighted by molar-refractivity contribution is 0.881. The van der Waals surface area contributed by atoms with E-state index in [1.54, 1.807) is 12.4 Å². The lowest BCUT2D eigenvalue weighted by Gasteiger charge is -2.12. The number of thioether (sulfide) groups is 1. The van der Waals surface area contributed by atoms with Crippen molar-refractivity contribution in [1.29, 1.82) is 0 Å². The molecule has 1 aromatic carbocycles. The highest BCUT2D eigenvalue weighted by Gasteiger charge is 2.17. The summed E-state index contributed by atoms with van der Waals surface area (Å²) in [6.07, 6.45) is 3.53. The van der Waals surface area contributed by atoms with Crippen LogP contribution in [0.15, 0.2) is 65.6 Å². The lowest BCUT2D eigenvalue weighted by Crippen LogP contribution is -2.02. The highest BCUT2D eigenvalue weighted by atomic mass is 35.5. The van der Waals surface area contributed by atoms with Crippen LogP contribution in [-0.2, 0) is 0 Å². The van der Waals surface area contributed by atoms with Crippen molar-refractivity contribution in [2.75, 3.05) is 5.75 Å². The second kappa shape index (κ2) is 6.98. The molecule has 0 bridgehead atoms. The summed E-state index contributed by atoms with van der Waals surface area (Å²) in [6.45, 7) is 5.80. The summed E-state index contributed by atoms with van der Waals surface area (Å²) >= 11 is 7.41. The average Bonchev–Trinajstić information content (AvgIpc) is 2.98. The van der Waals surface area contributed by atoms with Crippen molar-refractivity contribution in [3.63, 3.8) is 0 Å². The molecular weight excluding hydrogens is 328 g/mol. The van der Waals surface area contributed by atoms with E-state index in [9.17, 15) is 0 Å². The summed E-state index contributed by atoms with van der Waals surface area (Å²) in [5.74, 6) is 1.34. The number of aromatic nitrogens is 4. The molecule has 2 heterocycles. The SMILES string of the molecule is C=C(Cl)CSc1nnc(-c2cccnc2)n1-c1ccccc1C. The smallest absolute Gasteiger partial charge is 0.196 e. The van der Waals surface area contributed by atoms with Gasteiger partial charge in [-0.05, 0) is 30.7 Å². The Hall–Kier alpha value is -2.11. The van der Waals surface area contributed by atoms with Gasteiger partial charge in [0.05, 0.1) is 5.69 Å². The van der Waals surface area contributed by atoms with Crippen LogP contribution in [0.5, 0.6) is 0 Å². The van der Waals surface area contributed by atoms with E-state index in [2.05, 4.69) is 40.8 Å². The van der Waals surface area contributed by atoms with Gasteiger partial charge >= 0.3 is 0 Å². The molecule has 0 radical (unpaired) electrons. The maximum atomic E-state index is 5.90. The number of hydrogen-bond donors (Lipinski definition) is 0. The molecule has 0 aliphatic rings. The molecule has 0 aliphatic carbocycles. The summed E-state index contributed by atoms with van der Waals surface area (Å²) in [4.78, 5) is 4.18. The van der Waals surface area contributed by atoms with Gasteiger partial charge in [-0.1, -0.05) is 48.1 Å². The van der Waals surface area contributed by atoms with Crippen LogP contribution in [0.3, 0.4) is 0 Å². The topological polar surface area (TPSA) is 43.6 Å². The summed E-state index contributed by atoms with van der Waals surface area (Å²) in [5, 5.41) is 10.1. The van der Waals surface area contributed by atoms with Crippen molar-refractivity contribution in [1.82, 2.24) is 19.7 Å². The van der Waals surface area contributed by atoms with Gasteiger partial charge in [0.2, 0.25) is 0 Å². The number of pyridine rings is 1. The van der Waals surface area contributed by atoms with E-state index in [1.165, 1.54) is 11.8 Å². The van der Waals surface area contributed by atoms with E-state index in [0.29, 0.717) is 10.8 Å². The van der Waals surface area contributed by atoms with E-state index in [-0.39, 0.29) is 0 Å². The Morgan fingerprint density at radius 3 is 2.74 bits per heavy atom. The van der Waals surface area contributed by atoms with E-state index >= 15 is 0 Å². The molecule has 4 nitrogen and oxygen atoms in total. The molecule has 0 unspecified atom stereocenters. The van der Waals surface area contributed by atoms with Gasteiger partial charge in [-0.3, -0.25) is 9.55 Å². The van der Waals surface area contributed by atoms with Crippen molar-refractivity contribution in [2.45, 2.75) is 12.1 Å². The van der Waals surface area contributed by atoms with Crippen molar-refractivity contribution in [3.8, 4) is 17.1 Å². The second-order valence-corrected chi connectivity index (χ2v) is 6.45. The summed E-state index contributed by atoms with van der Waals surface area (Å²) in [6, 6.07) is 12.0. The molecule has 0 N–H and O–H groups in total. The molecule has 0 saturated heterocycles. The molecule has 3 rings (SSSR count). The van der Waals surface area contributed by atoms with Crippen molar-refractivity contribution in [2.24, 2.45) is 0 Å². The van der Waals surface area contributed by atoms with Crippen LogP contribution in [0.4, 0.5) is 0 Å². The van der Waals surface area contributed by atoms with Crippen LogP contribution < -0.4 is 0 Å². The van der Waals surface area contributed by atoms with Gasteiger partial charge in [0.1, 0.15) is 0 Å². The summed E-state index contributed by atoms with van der Waals surface area (Å²) in [7, 11) is 0. The molecule has 6 heteroatoms. The maximum Gasteiger partial charge on any atom is 0.196 e. The minimum atomic E-state index is 0.581. The van der Waals surface area contributed by atoms with E-state index in [4.69, 9.17) is 11.6 Å². The van der Waals surface area contributed by atoms with Crippen LogP contribution in [0.1, 0.15) is 5.56 Å². The Balaban J connectivity index is 2.14. The quantitative estimate of drug-likeness (QED) is 0.641. The summed E-state index contributed by atoms with van der Waals surface area (Å²) < 4.78 is 2.04. The molecule has 0 spiro atoms. The number of rotatable bonds is 5. The number of benzene rings is 1. The van der Waals surface area contributed by atoms with Crippen molar-refractivity contribution in [3.05, 3.63) is 66.0 Å². The van der Waals surface area contributed by atoms with Gasteiger partial charge < -0.3 is 0 Å². The fourth-order valence-corrected chi connectivity index (χ4v) is 3.08. The molecular formula is C17H15ClN4S. The van der Waals surface area contributed by atoms with E-state index < -0.39 is 0 Å². The molecule has 0 fully saturated rings.